The molecule has 132 valence electrons. The Kier molecular flexibility index (Phi) is 5.65. The average molecular weight is 427 g/mol. The average Bonchev–Trinajstić information content (AvgIpc) is 3.06. The zero-order valence-corrected chi connectivity index (χ0v) is 15.7. The van der Waals surface area contributed by atoms with Crippen LogP contribution in [-0.2, 0) is 4.79 Å². The van der Waals surface area contributed by atoms with Crippen molar-refractivity contribution in [1.29, 1.82) is 0 Å². The van der Waals surface area contributed by atoms with Crippen LogP contribution in [0.5, 0.6) is 0 Å². The monoisotopic (exact) mass is 425 g/mol. The summed E-state index contributed by atoms with van der Waals surface area (Å²) in [6.45, 7) is 2.53. The van der Waals surface area contributed by atoms with Crippen molar-refractivity contribution in [2.45, 2.75) is 0 Å². The molecule has 0 radical (unpaired) electrons. The van der Waals surface area contributed by atoms with E-state index < -0.39 is 5.91 Å². The van der Waals surface area contributed by atoms with Gasteiger partial charge in [0, 0.05) is 26.2 Å². The minimum Gasteiger partial charge on any atom is -0.444 e. The molecule has 1 aliphatic rings. The number of para-hydroxylation sites is 1. The maximum atomic E-state index is 12.3. The van der Waals surface area contributed by atoms with Gasteiger partial charge in [-0.15, -0.1) is 0 Å². The van der Waals surface area contributed by atoms with Crippen molar-refractivity contribution in [2.75, 3.05) is 37.6 Å². The lowest BCUT2D eigenvalue weighted by Crippen LogP contribution is -2.51. The molecule has 6 nitrogen and oxygen atoms in total. The summed E-state index contributed by atoms with van der Waals surface area (Å²) in [7, 11) is 0. The number of amides is 2. The molecule has 1 aromatic heterocycles. The van der Waals surface area contributed by atoms with Gasteiger partial charge in [0.25, 0.3) is 5.91 Å². The summed E-state index contributed by atoms with van der Waals surface area (Å²) >= 11 is 9.36. The van der Waals surface area contributed by atoms with Crippen LogP contribution < -0.4 is 10.2 Å². The highest BCUT2D eigenvalue weighted by Gasteiger charge is 2.23. The molecule has 1 saturated heterocycles. The van der Waals surface area contributed by atoms with Gasteiger partial charge in [-0.05, 0) is 40.2 Å². The lowest BCUT2D eigenvalue weighted by Gasteiger charge is -2.36. The number of anilines is 1. The summed E-state index contributed by atoms with van der Waals surface area (Å²) in [5, 5.41) is 3.29. The summed E-state index contributed by atoms with van der Waals surface area (Å²) in [5.41, 5.74) is 0.980. The minimum atomic E-state index is -0.409. The normalized spacial score (nSPS) is 14.5. The van der Waals surface area contributed by atoms with Crippen LogP contribution in [0.4, 0.5) is 5.69 Å². The number of hydrogen-bond acceptors (Lipinski definition) is 4. The summed E-state index contributed by atoms with van der Waals surface area (Å²) in [6.07, 6.45) is 0. The van der Waals surface area contributed by atoms with Crippen molar-refractivity contribution in [3.63, 3.8) is 0 Å². The number of nitrogens with zero attached hydrogens (tertiary/aromatic N) is 2. The summed E-state index contributed by atoms with van der Waals surface area (Å²) in [5.74, 6) is -0.352. The Morgan fingerprint density at radius 1 is 1.12 bits per heavy atom. The molecule has 3 rings (SSSR count). The lowest BCUT2D eigenvalue weighted by molar-refractivity contribution is -0.130. The van der Waals surface area contributed by atoms with Crippen molar-refractivity contribution in [1.82, 2.24) is 10.2 Å². The topological polar surface area (TPSA) is 65.8 Å². The fourth-order valence-corrected chi connectivity index (χ4v) is 3.26. The third kappa shape index (κ3) is 4.35. The molecule has 1 N–H and O–H groups in total. The number of carbonyl (C=O) groups is 2. The second-order valence-corrected chi connectivity index (χ2v) is 6.79. The third-order valence-corrected chi connectivity index (χ3v) is 4.77. The number of halogens is 2. The molecule has 2 amide bonds. The smallest absolute Gasteiger partial charge is 0.287 e. The first kappa shape index (κ1) is 17.8. The number of nitrogens with one attached hydrogen (secondary N) is 1. The molecule has 25 heavy (non-hydrogen) atoms. The van der Waals surface area contributed by atoms with Gasteiger partial charge in [-0.3, -0.25) is 9.59 Å². The molecule has 0 saturated carbocycles. The second kappa shape index (κ2) is 7.93. The fourth-order valence-electron chi connectivity index (χ4n) is 2.70. The molecular weight excluding hydrogens is 410 g/mol. The van der Waals surface area contributed by atoms with Crippen LogP contribution >= 0.6 is 27.5 Å². The quantitative estimate of drug-likeness (QED) is 0.816. The van der Waals surface area contributed by atoms with Crippen molar-refractivity contribution in [3.05, 3.63) is 51.9 Å². The highest BCUT2D eigenvalue weighted by Crippen LogP contribution is 2.26. The predicted molar refractivity (Wildman–Crippen MR) is 99.0 cm³/mol. The van der Waals surface area contributed by atoms with E-state index in [0.717, 1.165) is 5.69 Å². The van der Waals surface area contributed by atoms with E-state index in [9.17, 15) is 9.59 Å². The molecule has 0 aliphatic carbocycles. The van der Waals surface area contributed by atoms with Gasteiger partial charge in [0.05, 0.1) is 17.3 Å². The molecule has 8 heteroatoms. The van der Waals surface area contributed by atoms with E-state index in [1.807, 2.05) is 24.3 Å². The number of furan rings is 1. The zero-order valence-electron chi connectivity index (χ0n) is 13.4. The molecule has 0 spiro atoms. The van der Waals surface area contributed by atoms with Gasteiger partial charge in [-0.2, -0.15) is 0 Å². The van der Waals surface area contributed by atoms with E-state index in [1.165, 1.54) is 0 Å². The van der Waals surface area contributed by atoms with Crippen LogP contribution in [0, 0.1) is 0 Å². The Morgan fingerprint density at radius 3 is 2.48 bits per heavy atom. The molecular formula is C17H17BrClN3O3. The van der Waals surface area contributed by atoms with E-state index in [2.05, 4.69) is 26.1 Å². The van der Waals surface area contributed by atoms with Gasteiger partial charge in [0.1, 0.15) is 0 Å². The zero-order chi connectivity index (χ0) is 17.8. The summed E-state index contributed by atoms with van der Waals surface area (Å²) in [6, 6.07) is 10.8. The maximum Gasteiger partial charge on any atom is 0.287 e. The van der Waals surface area contributed by atoms with Gasteiger partial charge >= 0.3 is 0 Å². The molecule has 1 aromatic carbocycles. The number of rotatable bonds is 4. The first-order valence-corrected chi connectivity index (χ1v) is 9.02. The Balaban J connectivity index is 1.48. The van der Waals surface area contributed by atoms with Crippen molar-refractivity contribution >= 4 is 45.0 Å². The molecule has 2 heterocycles. The number of piperazine rings is 1. The Labute approximate surface area is 158 Å². The summed E-state index contributed by atoms with van der Waals surface area (Å²) in [4.78, 5) is 28.1. The van der Waals surface area contributed by atoms with E-state index in [0.29, 0.717) is 35.9 Å². The third-order valence-electron chi connectivity index (χ3n) is 4.02. The second-order valence-electron chi connectivity index (χ2n) is 5.61. The van der Waals surface area contributed by atoms with Gasteiger partial charge < -0.3 is 19.5 Å². The predicted octanol–water partition coefficient (Wildman–Crippen LogP) is 2.77. The molecule has 0 unspecified atom stereocenters. The maximum absolute atomic E-state index is 12.3. The largest absolute Gasteiger partial charge is 0.444 e. The SMILES string of the molecule is O=C(NCC(=O)N1CCN(c2ccccc2Cl)CC1)c1ccc(Br)o1. The number of benzene rings is 1. The van der Waals surface area contributed by atoms with E-state index >= 15 is 0 Å². The first-order valence-electron chi connectivity index (χ1n) is 7.85. The van der Waals surface area contributed by atoms with E-state index in [-0.39, 0.29) is 18.2 Å². The molecule has 1 aliphatic heterocycles. The van der Waals surface area contributed by atoms with Crippen molar-refractivity contribution in [3.8, 4) is 0 Å². The van der Waals surface area contributed by atoms with Crippen LogP contribution in [0.15, 0.2) is 45.5 Å². The van der Waals surface area contributed by atoms with Crippen LogP contribution in [0.2, 0.25) is 5.02 Å². The number of carbonyl (C=O) groups excluding carboxylic acids is 2. The van der Waals surface area contributed by atoms with Crippen LogP contribution in [0.25, 0.3) is 0 Å². The van der Waals surface area contributed by atoms with Gasteiger partial charge in [-0.1, -0.05) is 23.7 Å². The standard InChI is InChI=1S/C17H17BrClN3O3/c18-15-6-5-14(25-15)17(24)20-11-16(23)22-9-7-21(8-10-22)13-4-2-1-3-12(13)19/h1-6H,7-11H2,(H,20,24). The minimum absolute atomic E-state index is 0.0523. The molecule has 1 fully saturated rings. The van der Waals surface area contributed by atoms with E-state index in [4.69, 9.17) is 16.0 Å². The van der Waals surface area contributed by atoms with Crippen molar-refractivity contribution in [2.24, 2.45) is 0 Å². The van der Waals surface area contributed by atoms with Gasteiger partial charge in [0.2, 0.25) is 5.91 Å². The highest BCUT2D eigenvalue weighted by molar-refractivity contribution is 9.10. The first-order chi connectivity index (χ1) is 12.0. The molecule has 0 bridgehead atoms. The number of hydrogen-bond donors (Lipinski definition) is 1. The van der Waals surface area contributed by atoms with Crippen LogP contribution in [-0.4, -0.2) is 49.4 Å². The Morgan fingerprint density at radius 2 is 1.84 bits per heavy atom. The highest BCUT2D eigenvalue weighted by atomic mass is 79.9. The fraction of sp³-hybridized carbons (Fsp3) is 0.294. The lowest BCUT2D eigenvalue weighted by atomic mass is 10.2. The van der Waals surface area contributed by atoms with Crippen LogP contribution in [0.1, 0.15) is 10.6 Å². The van der Waals surface area contributed by atoms with E-state index in [1.54, 1.807) is 17.0 Å². The Hall–Kier alpha value is -1.99. The van der Waals surface area contributed by atoms with Crippen LogP contribution in [0.3, 0.4) is 0 Å². The van der Waals surface area contributed by atoms with Gasteiger partial charge in [0.15, 0.2) is 10.4 Å². The van der Waals surface area contributed by atoms with Crippen molar-refractivity contribution < 1.29 is 14.0 Å². The molecule has 0 atom stereocenters. The Bertz CT molecular complexity index is 772. The van der Waals surface area contributed by atoms with Gasteiger partial charge in [-0.25, -0.2) is 0 Å². The summed E-state index contributed by atoms with van der Waals surface area (Å²) < 4.78 is 5.63. The molecule has 2 aromatic rings.